The number of para-hydroxylation sites is 1. The van der Waals surface area contributed by atoms with Gasteiger partial charge in [0.05, 0.1) is 19.7 Å². The van der Waals surface area contributed by atoms with Gasteiger partial charge in [0.25, 0.3) is 5.91 Å². The van der Waals surface area contributed by atoms with Crippen LogP contribution in [0.1, 0.15) is 37.8 Å². The van der Waals surface area contributed by atoms with Crippen LogP contribution in [0, 0.1) is 0 Å². The van der Waals surface area contributed by atoms with Crippen LogP contribution in [-0.2, 0) is 26.2 Å². The number of piperidine rings is 1. The van der Waals surface area contributed by atoms with Gasteiger partial charge in [-0.1, -0.05) is 48.5 Å². The molecule has 30 heavy (non-hydrogen) atoms. The molecule has 0 aliphatic carbocycles. The predicted molar refractivity (Wildman–Crippen MR) is 117 cm³/mol. The van der Waals surface area contributed by atoms with Crippen molar-refractivity contribution in [3.8, 4) is 0 Å². The summed E-state index contributed by atoms with van der Waals surface area (Å²) in [5, 5.41) is 0. The summed E-state index contributed by atoms with van der Waals surface area (Å²) >= 11 is 0. The van der Waals surface area contributed by atoms with Gasteiger partial charge in [0.2, 0.25) is 0 Å². The Morgan fingerprint density at radius 3 is 2.43 bits per heavy atom. The summed E-state index contributed by atoms with van der Waals surface area (Å²) in [4.78, 5) is 29.3. The molecule has 2 aliphatic heterocycles. The van der Waals surface area contributed by atoms with E-state index in [0.29, 0.717) is 26.0 Å². The van der Waals surface area contributed by atoms with Crippen molar-refractivity contribution in [2.24, 2.45) is 0 Å². The van der Waals surface area contributed by atoms with Gasteiger partial charge in [0, 0.05) is 24.6 Å². The summed E-state index contributed by atoms with van der Waals surface area (Å²) in [5.74, 6) is 0.0365. The standard InChI is InChI=1S/C25H30N2O3/c1-3-30-24(29)25(21-10-5-4-6-11-21)13-15-26(16-14-25)18-23(28)27-19(2)17-20-9-7-8-12-22(20)27/h4-12,19H,3,13-18H2,1-2H3/p+1/t19-/m1/s1. The Morgan fingerprint density at radius 2 is 1.73 bits per heavy atom. The first-order valence-electron chi connectivity index (χ1n) is 11.0. The first-order valence-corrected chi connectivity index (χ1v) is 11.0. The minimum atomic E-state index is -0.600. The van der Waals surface area contributed by atoms with Crippen molar-refractivity contribution < 1.29 is 19.2 Å². The summed E-state index contributed by atoms with van der Waals surface area (Å²) in [5.41, 5.74) is 2.72. The van der Waals surface area contributed by atoms with Gasteiger partial charge in [0.15, 0.2) is 6.54 Å². The molecule has 1 fully saturated rings. The number of carbonyl (C=O) groups is 2. The van der Waals surface area contributed by atoms with Gasteiger partial charge in [0.1, 0.15) is 5.41 Å². The van der Waals surface area contributed by atoms with Crippen LogP contribution in [-0.4, -0.2) is 44.2 Å². The maximum absolute atomic E-state index is 13.2. The third kappa shape index (κ3) is 3.74. The number of hydrogen-bond acceptors (Lipinski definition) is 3. The van der Waals surface area contributed by atoms with Crippen LogP contribution in [0.4, 0.5) is 5.69 Å². The number of hydrogen-bond donors (Lipinski definition) is 1. The van der Waals surface area contributed by atoms with Gasteiger partial charge in [-0.25, -0.2) is 0 Å². The molecule has 1 atom stereocenters. The average Bonchev–Trinajstić information content (AvgIpc) is 3.11. The van der Waals surface area contributed by atoms with Gasteiger partial charge < -0.3 is 14.5 Å². The second-order valence-corrected chi connectivity index (χ2v) is 8.54. The van der Waals surface area contributed by atoms with Gasteiger partial charge in [-0.05, 0) is 37.5 Å². The van der Waals surface area contributed by atoms with Crippen molar-refractivity contribution in [1.29, 1.82) is 0 Å². The summed E-state index contributed by atoms with van der Waals surface area (Å²) in [6.07, 6.45) is 2.31. The number of fused-ring (bicyclic) bond motifs is 1. The van der Waals surface area contributed by atoms with Crippen LogP contribution in [0.3, 0.4) is 0 Å². The fourth-order valence-corrected chi connectivity index (χ4v) is 5.09. The smallest absolute Gasteiger partial charge is 0.317 e. The zero-order valence-corrected chi connectivity index (χ0v) is 17.9. The lowest BCUT2D eigenvalue weighted by molar-refractivity contribution is -0.898. The number of nitrogens with zero attached hydrogens (tertiary/aromatic N) is 1. The van der Waals surface area contributed by atoms with Crippen molar-refractivity contribution in [1.82, 2.24) is 0 Å². The van der Waals surface area contributed by atoms with E-state index in [1.165, 1.54) is 10.5 Å². The molecule has 2 aliphatic rings. The highest BCUT2D eigenvalue weighted by Crippen LogP contribution is 2.34. The third-order valence-electron chi connectivity index (χ3n) is 6.68. The van der Waals surface area contributed by atoms with Crippen LogP contribution >= 0.6 is 0 Å². The molecule has 0 bridgehead atoms. The normalized spacial score (nSPS) is 25.6. The minimum Gasteiger partial charge on any atom is -0.465 e. The minimum absolute atomic E-state index is 0.135. The summed E-state index contributed by atoms with van der Waals surface area (Å²) in [6, 6.07) is 18.4. The molecular weight excluding hydrogens is 376 g/mol. The number of esters is 1. The number of rotatable bonds is 5. The monoisotopic (exact) mass is 407 g/mol. The van der Waals surface area contributed by atoms with E-state index in [1.807, 2.05) is 60.4 Å². The van der Waals surface area contributed by atoms with E-state index < -0.39 is 5.41 Å². The zero-order chi connectivity index (χ0) is 21.1. The molecule has 1 N–H and O–H groups in total. The number of quaternary nitrogens is 1. The van der Waals surface area contributed by atoms with Gasteiger partial charge in [-0.3, -0.25) is 9.59 Å². The van der Waals surface area contributed by atoms with Gasteiger partial charge in [-0.2, -0.15) is 0 Å². The fourth-order valence-electron chi connectivity index (χ4n) is 5.09. The SMILES string of the molecule is CCOC(=O)C1(c2ccccc2)CC[NH+](CC(=O)N2c3ccccc3C[C@H]2C)CC1. The molecule has 5 heteroatoms. The van der Waals surface area contributed by atoms with Crippen molar-refractivity contribution in [2.45, 2.75) is 44.6 Å². The first-order chi connectivity index (χ1) is 14.5. The summed E-state index contributed by atoms with van der Waals surface area (Å²) in [7, 11) is 0. The number of likely N-dealkylation sites (tertiary alicyclic amines) is 1. The predicted octanol–water partition coefficient (Wildman–Crippen LogP) is 2.14. The first kappa shape index (κ1) is 20.6. The van der Waals surface area contributed by atoms with E-state index in [4.69, 9.17) is 4.74 Å². The van der Waals surface area contributed by atoms with Crippen molar-refractivity contribution in [2.75, 3.05) is 31.1 Å². The average molecular weight is 408 g/mol. The Labute approximate surface area is 178 Å². The topological polar surface area (TPSA) is 51.1 Å². The van der Waals surface area contributed by atoms with Gasteiger partial charge >= 0.3 is 5.97 Å². The fraction of sp³-hybridized carbons (Fsp3) is 0.440. The van der Waals surface area contributed by atoms with Crippen molar-refractivity contribution in [3.63, 3.8) is 0 Å². The third-order valence-corrected chi connectivity index (χ3v) is 6.68. The Bertz CT molecular complexity index is 904. The van der Waals surface area contributed by atoms with Crippen LogP contribution in [0.25, 0.3) is 0 Å². The Morgan fingerprint density at radius 1 is 1.07 bits per heavy atom. The molecule has 0 aromatic heterocycles. The zero-order valence-electron chi connectivity index (χ0n) is 17.9. The molecule has 0 spiro atoms. The Balaban J connectivity index is 1.46. The summed E-state index contributed by atoms with van der Waals surface area (Å²) < 4.78 is 5.47. The molecule has 0 unspecified atom stereocenters. The van der Waals surface area contributed by atoms with E-state index in [-0.39, 0.29) is 17.9 Å². The maximum Gasteiger partial charge on any atom is 0.317 e. The molecule has 4 rings (SSSR count). The highest BCUT2D eigenvalue weighted by molar-refractivity contribution is 5.96. The van der Waals surface area contributed by atoms with Crippen LogP contribution < -0.4 is 9.80 Å². The number of amides is 1. The Hall–Kier alpha value is -2.66. The quantitative estimate of drug-likeness (QED) is 0.773. The van der Waals surface area contributed by atoms with E-state index in [9.17, 15) is 9.59 Å². The van der Waals surface area contributed by atoms with Crippen molar-refractivity contribution >= 4 is 17.6 Å². The lowest BCUT2D eigenvalue weighted by atomic mass is 9.72. The maximum atomic E-state index is 13.2. The molecule has 2 aromatic carbocycles. The molecule has 1 amide bonds. The highest BCUT2D eigenvalue weighted by atomic mass is 16.5. The Kier molecular flexibility index (Phi) is 5.91. The largest absolute Gasteiger partial charge is 0.465 e. The lowest BCUT2D eigenvalue weighted by Crippen LogP contribution is -3.14. The highest BCUT2D eigenvalue weighted by Gasteiger charge is 2.46. The van der Waals surface area contributed by atoms with E-state index in [1.54, 1.807) is 0 Å². The molecular formula is C25H31N2O3+. The molecule has 1 saturated heterocycles. The molecule has 2 heterocycles. The molecule has 5 nitrogen and oxygen atoms in total. The number of benzene rings is 2. The van der Waals surface area contributed by atoms with Crippen LogP contribution in [0.2, 0.25) is 0 Å². The lowest BCUT2D eigenvalue weighted by Gasteiger charge is -2.38. The molecule has 158 valence electrons. The van der Waals surface area contributed by atoms with Gasteiger partial charge in [-0.15, -0.1) is 0 Å². The summed E-state index contributed by atoms with van der Waals surface area (Å²) in [6.45, 7) is 6.38. The number of anilines is 1. The van der Waals surface area contributed by atoms with Crippen LogP contribution in [0.15, 0.2) is 54.6 Å². The van der Waals surface area contributed by atoms with E-state index in [0.717, 1.165) is 30.8 Å². The second kappa shape index (κ2) is 8.60. The van der Waals surface area contributed by atoms with E-state index in [2.05, 4.69) is 13.0 Å². The molecule has 0 radical (unpaired) electrons. The number of carbonyl (C=O) groups excluding carboxylic acids is 2. The van der Waals surface area contributed by atoms with Crippen LogP contribution in [0.5, 0.6) is 0 Å². The van der Waals surface area contributed by atoms with Crippen molar-refractivity contribution in [3.05, 3.63) is 65.7 Å². The second-order valence-electron chi connectivity index (χ2n) is 8.54. The number of ether oxygens (including phenoxy) is 1. The number of nitrogens with one attached hydrogen (secondary N) is 1. The van der Waals surface area contributed by atoms with E-state index >= 15 is 0 Å². The molecule has 0 saturated carbocycles. The molecule has 2 aromatic rings.